The van der Waals surface area contributed by atoms with E-state index in [4.69, 9.17) is 4.74 Å². The molecule has 0 aromatic carbocycles. The molecule has 0 rings (SSSR count). The Kier molecular flexibility index (Phi) is 24.1. The molecule has 0 saturated heterocycles. The van der Waals surface area contributed by atoms with Gasteiger partial charge in [0, 0.05) is 13.2 Å². The second-order valence-electron chi connectivity index (χ2n) is 0.781. The molecule has 0 aliphatic rings. The van der Waals surface area contributed by atoms with E-state index in [2.05, 4.69) is 5.73 Å². The van der Waals surface area contributed by atoms with Crippen molar-refractivity contribution in [3.63, 3.8) is 0 Å². The van der Waals surface area contributed by atoms with Crippen LogP contribution in [0.4, 0.5) is 0 Å². The van der Waals surface area contributed by atoms with E-state index >= 15 is 0 Å². The number of nitrogens with two attached hydrogens (primary N) is 1. The van der Waals surface area contributed by atoms with Crippen molar-refractivity contribution in [1.82, 2.24) is 0 Å². The Bertz CT molecular complexity index is 15.6. The van der Waals surface area contributed by atoms with Gasteiger partial charge in [-0.1, -0.05) is 0 Å². The Morgan fingerprint density at radius 2 is 1.43 bits per heavy atom. The minimum Gasteiger partial charge on any atom is -0.382 e. The molecule has 46 valence electrons. The van der Waals surface area contributed by atoms with Crippen LogP contribution in [-0.2, 0) is 4.74 Å². The topological polar surface area (TPSA) is 35.2 Å². The minimum atomic E-state index is 0.844. The minimum absolute atomic E-state index is 0.844. The summed E-state index contributed by atoms with van der Waals surface area (Å²) in [6.07, 6.45) is 0. The van der Waals surface area contributed by atoms with E-state index in [1.54, 1.807) is 0 Å². The first-order valence-corrected chi connectivity index (χ1v) is 2.57. The number of hydrogen-bond donors (Lipinski definition) is 1. The van der Waals surface area contributed by atoms with E-state index in [1.807, 2.05) is 13.8 Å². The van der Waals surface area contributed by atoms with Gasteiger partial charge in [-0.2, -0.15) is 0 Å². The molecule has 0 atom stereocenters. The van der Waals surface area contributed by atoms with Gasteiger partial charge in [0.05, 0.1) is 0 Å². The molecule has 0 aromatic rings. The lowest BCUT2D eigenvalue weighted by Crippen LogP contribution is -1.84. The van der Waals surface area contributed by atoms with Crippen molar-refractivity contribution in [2.45, 2.75) is 13.8 Å². The Morgan fingerprint density at radius 1 is 1.14 bits per heavy atom. The molecule has 0 radical (unpaired) electrons. The molecule has 2 N–H and O–H groups in total. The van der Waals surface area contributed by atoms with Gasteiger partial charge in [-0.3, -0.25) is 0 Å². The summed E-state index contributed by atoms with van der Waals surface area (Å²) in [7, 11) is 1.50. The van der Waals surface area contributed by atoms with Crippen LogP contribution in [0.5, 0.6) is 0 Å². The molecule has 0 fully saturated rings. The van der Waals surface area contributed by atoms with E-state index in [0.29, 0.717) is 0 Å². The fourth-order valence-electron chi connectivity index (χ4n) is 0.204. The summed E-state index contributed by atoms with van der Waals surface area (Å²) >= 11 is 0. The molecule has 0 amide bonds. The third-order valence-electron chi connectivity index (χ3n) is 0.408. The third-order valence-corrected chi connectivity index (χ3v) is 0.408. The zero-order chi connectivity index (χ0) is 6.12. The highest BCUT2D eigenvalue weighted by molar-refractivity contribution is 4.07. The van der Waals surface area contributed by atoms with Crippen LogP contribution in [0.1, 0.15) is 13.8 Å². The molecule has 0 aliphatic heterocycles. The Labute approximate surface area is 45.7 Å². The first kappa shape index (κ1) is 10.0. The van der Waals surface area contributed by atoms with Crippen molar-refractivity contribution in [2.24, 2.45) is 5.73 Å². The average Bonchev–Trinajstić information content (AvgIpc) is 1.75. The van der Waals surface area contributed by atoms with E-state index < -0.39 is 0 Å². The lowest BCUT2D eigenvalue weighted by Gasteiger charge is -1.86. The van der Waals surface area contributed by atoms with Crippen LogP contribution in [0.25, 0.3) is 0 Å². The lowest BCUT2D eigenvalue weighted by molar-refractivity contribution is 0.162. The molecule has 0 aliphatic carbocycles. The van der Waals surface area contributed by atoms with E-state index in [-0.39, 0.29) is 0 Å². The van der Waals surface area contributed by atoms with Crippen LogP contribution < -0.4 is 5.73 Å². The van der Waals surface area contributed by atoms with Gasteiger partial charge >= 0.3 is 0 Å². The molecule has 7 heavy (non-hydrogen) atoms. The van der Waals surface area contributed by atoms with Crippen molar-refractivity contribution >= 4 is 0 Å². The predicted octanol–water partition coefficient (Wildman–Crippen LogP) is 0.618. The Balaban J connectivity index is 0. The van der Waals surface area contributed by atoms with Crippen LogP contribution in [0.15, 0.2) is 0 Å². The molecule has 0 unspecified atom stereocenters. The monoisotopic (exact) mass is 105 g/mol. The number of rotatable bonds is 2. The van der Waals surface area contributed by atoms with Crippen LogP contribution >= 0.6 is 0 Å². The molecule has 0 spiro atoms. The normalized spacial score (nSPS) is 6.86. The predicted molar refractivity (Wildman–Crippen MR) is 32.3 cm³/mol. The van der Waals surface area contributed by atoms with Gasteiger partial charge in [0.25, 0.3) is 0 Å². The quantitative estimate of drug-likeness (QED) is 0.558. The van der Waals surface area contributed by atoms with Crippen molar-refractivity contribution < 1.29 is 4.74 Å². The van der Waals surface area contributed by atoms with Gasteiger partial charge < -0.3 is 10.5 Å². The molecular formula is C5H15NO. The first-order valence-electron chi connectivity index (χ1n) is 2.57. The molecule has 2 heteroatoms. The van der Waals surface area contributed by atoms with Crippen LogP contribution in [0.2, 0.25) is 0 Å². The highest BCUT2D eigenvalue weighted by atomic mass is 16.5. The second kappa shape index (κ2) is 16.8. The smallest absolute Gasteiger partial charge is 0.0437 e. The highest BCUT2D eigenvalue weighted by Gasteiger charge is 1.64. The maximum Gasteiger partial charge on any atom is 0.0437 e. The van der Waals surface area contributed by atoms with Crippen LogP contribution in [0, 0.1) is 0 Å². The third kappa shape index (κ3) is 24.7. The Morgan fingerprint density at radius 3 is 1.43 bits per heavy atom. The van der Waals surface area contributed by atoms with Gasteiger partial charge in [0.2, 0.25) is 0 Å². The van der Waals surface area contributed by atoms with E-state index in [1.165, 1.54) is 7.05 Å². The van der Waals surface area contributed by atoms with Crippen LogP contribution in [-0.4, -0.2) is 20.3 Å². The van der Waals surface area contributed by atoms with Crippen molar-refractivity contribution in [3.05, 3.63) is 0 Å². The molecule has 0 bridgehead atoms. The largest absolute Gasteiger partial charge is 0.382 e. The van der Waals surface area contributed by atoms with Gasteiger partial charge in [0.15, 0.2) is 0 Å². The average molecular weight is 105 g/mol. The molecule has 0 saturated carbocycles. The second-order valence-corrected chi connectivity index (χ2v) is 0.781. The maximum atomic E-state index is 4.83. The van der Waals surface area contributed by atoms with Crippen molar-refractivity contribution in [3.8, 4) is 0 Å². The standard InChI is InChI=1S/C4H10O.CH5N/c1-3-5-4-2;1-2/h3-4H2,1-2H3;2H2,1H3. The zero-order valence-corrected chi connectivity index (χ0v) is 5.40. The summed E-state index contributed by atoms with van der Waals surface area (Å²) in [6, 6.07) is 0. The number of ether oxygens (including phenoxy) is 1. The first-order chi connectivity index (χ1) is 3.41. The molecular weight excluding hydrogens is 90.1 g/mol. The van der Waals surface area contributed by atoms with Gasteiger partial charge in [-0.05, 0) is 20.9 Å². The Hall–Kier alpha value is -0.0800. The van der Waals surface area contributed by atoms with Gasteiger partial charge in [0.1, 0.15) is 0 Å². The summed E-state index contributed by atoms with van der Waals surface area (Å²) in [5.74, 6) is 0. The highest BCUT2D eigenvalue weighted by Crippen LogP contribution is 1.64. The van der Waals surface area contributed by atoms with Crippen molar-refractivity contribution in [1.29, 1.82) is 0 Å². The molecule has 0 aromatic heterocycles. The maximum absolute atomic E-state index is 4.83. The summed E-state index contributed by atoms with van der Waals surface area (Å²) in [4.78, 5) is 0. The number of hydrogen-bond acceptors (Lipinski definition) is 2. The van der Waals surface area contributed by atoms with E-state index in [0.717, 1.165) is 13.2 Å². The SMILES string of the molecule is CCOCC.CN. The fraction of sp³-hybridized carbons (Fsp3) is 1.00. The van der Waals surface area contributed by atoms with Gasteiger partial charge in [-0.15, -0.1) is 0 Å². The summed E-state index contributed by atoms with van der Waals surface area (Å²) in [6.45, 7) is 5.67. The fourth-order valence-corrected chi connectivity index (χ4v) is 0.204. The lowest BCUT2D eigenvalue weighted by atomic mass is 10.8. The summed E-state index contributed by atoms with van der Waals surface area (Å²) in [5, 5.41) is 0. The van der Waals surface area contributed by atoms with Crippen LogP contribution in [0.3, 0.4) is 0 Å². The summed E-state index contributed by atoms with van der Waals surface area (Å²) < 4.78 is 4.83. The van der Waals surface area contributed by atoms with E-state index in [9.17, 15) is 0 Å². The molecule has 0 heterocycles. The molecule has 2 nitrogen and oxygen atoms in total. The summed E-state index contributed by atoms with van der Waals surface area (Å²) in [5.41, 5.74) is 4.50. The van der Waals surface area contributed by atoms with Gasteiger partial charge in [-0.25, -0.2) is 0 Å². The van der Waals surface area contributed by atoms with Crippen molar-refractivity contribution in [2.75, 3.05) is 20.3 Å². The zero-order valence-electron chi connectivity index (χ0n) is 5.40.